The van der Waals surface area contributed by atoms with Crippen molar-refractivity contribution in [3.8, 4) is 0 Å². The topological polar surface area (TPSA) is 104 Å². The van der Waals surface area contributed by atoms with Crippen molar-refractivity contribution in [3.05, 3.63) is 18.5 Å². The van der Waals surface area contributed by atoms with Crippen molar-refractivity contribution in [2.45, 2.75) is 6.10 Å². The van der Waals surface area contributed by atoms with Crippen molar-refractivity contribution in [1.29, 1.82) is 0 Å². The van der Waals surface area contributed by atoms with Crippen molar-refractivity contribution < 1.29 is 9.90 Å². The van der Waals surface area contributed by atoms with Crippen LogP contribution in [0.4, 0.5) is 11.4 Å². The van der Waals surface area contributed by atoms with Gasteiger partial charge in [0.15, 0.2) is 0 Å². The van der Waals surface area contributed by atoms with E-state index in [4.69, 9.17) is 5.73 Å². The Morgan fingerprint density at radius 3 is 3.00 bits per heavy atom. The number of aliphatic hydroxyl groups is 1. The molecular formula is C12H19N5O2. The number of hydrogen-bond acceptors (Lipinski definition) is 6. The summed E-state index contributed by atoms with van der Waals surface area (Å²) in [7, 11) is 0. The summed E-state index contributed by atoms with van der Waals surface area (Å²) in [4.78, 5) is 17.9. The van der Waals surface area contributed by atoms with Gasteiger partial charge in [-0.2, -0.15) is 0 Å². The fraction of sp³-hybridized carbons (Fsp3) is 0.500. The first-order valence-corrected chi connectivity index (χ1v) is 6.31. The van der Waals surface area contributed by atoms with Crippen molar-refractivity contribution in [3.63, 3.8) is 0 Å². The predicted octanol–water partition coefficient (Wildman–Crippen LogP) is -1.25. The van der Waals surface area contributed by atoms with Gasteiger partial charge in [0.25, 0.3) is 5.91 Å². The summed E-state index contributed by atoms with van der Waals surface area (Å²) in [6.45, 7) is 3.44. The molecule has 1 saturated heterocycles. The highest BCUT2D eigenvalue weighted by Gasteiger charge is 2.18. The van der Waals surface area contributed by atoms with Gasteiger partial charge in [-0.3, -0.25) is 9.78 Å². The van der Waals surface area contributed by atoms with E-state index in [1.807, 2.05) is 6.07 Å². The van der Waals surface area contributed by atoms with E-state index >= 15 is 0 Å². The molecule has 1 aromatic rings. The van der Waals surface area contributed by atoms with E-state index in [2.05, 4.69) is 20.5 Å². The highest BCUT2D eigenvalue weighted by atomic mass is 16.3. The molecule has 19 heavy (non-hydrogen) atoms. The van der Waals surface area contributed by atoms with Crippen LogP contribution in [-0.4, -0.2) is 54.8 Å². The summed E-state index contributed by atoms with van der Waals surface area (Å²) in [5, 5.41) is 15.3. The molecule has 0 bridgehead atoms. The monoisotopic (exact) mass is 265 g/mol. The Labute approximate surface area is 111 Å². The van der Waals surface area contributed by atoms with Gasteiger partial charge in [-0.05, 0) is 6.07 Å². The molecule has 0 spiro atoms. The van der Waals surface area contributed by atoms with Crippen LogP contribution in [0, 0.1) is 0 Å². The van der Waals surface area contributed by atoms with Crippen LogP contribution in [-0.2, 0) is 4.79 Å². The van der Waals surface area contributed by atoms with Gasteiger partial charge in [0.1, 0.15) is 6.10 Å². The number of nitrogens with two attached hydrogens (primary N) is 1. The molecule has 0 aliphatic carbocycles. The zero-order chi connectivity index (χ0) is 13.7. The van der Waals surface area contributed by atoms with E-state index in [9.17, 15) is 9.90 Å². The zero-order valence-corrected chi connectivity index (χ0v) is 10.7. The third kappa shape index (κ3) is 3.40. The number of piperazine rings is 1. The Bertz CT molecular complexity index is 434. The SMILES string of the molecule is NCC(O)C(=O)Nc1cnccc1N1CCNCC1. The second kappa shape index (κ2) is 6.46. The van der Waals surface area contributed by atoms with E-state index in [1.165, 1.54) is 0 Å². The largest absolute Gasteiger partial charge is 0.382 e. The zero-order valence-electron chi connectivity index (χ0n) is 10.7. The third-order valence-corrected chi connectivity index (χ3v) is 3.04. The minimum atomic E-state index is -1.20. The summed E-state index contributed by atoms with van der Waals surface area (Å²) in [5.74, 6) is -0.508. The van der Waals surface area contributed by atoms with Gasteiger partial charge in [-0.1, -0.05) is 0 Å². The van der Waals surface area contributed by atoms with Crippen molar-refractivity contribution in [1.82, 2.24) is 10.3 Å². The standard InChI is InChI=1S/C12H19N5O2/c13-7-11(18)12(19)16-9-8-15-2-1-10(9)17-5-3-14-4-6-17/h1-2,8,11,14,18H,3-7,13H2,(H,16,19). The second-order valence-corrected chi connectivity index (χ2v) is 4.37. The minimum Gasteiger partial charge on any atom is -0.382 e. The molecule has 7 heteroatoms. The lowest BCUT2D eigenvalue weighted by atomic mass is 10.2. The van der Waals surface area contributed by atoms with E-state index in [1.54, 1.807) is 12.4 Å². The van der Waals surface area contributed by atoms with Crippen LogP contribution < -0.4 is 21.3 Å². The molecule has 0 saturated carbocycles. The quantitative estimate of drug-likeness (QED) is 0.542. The van der Waals surface area contributed by atoms with E-state index in [0.29, 0.717) is 5.69 Å². The Morgan fingerprint density at radius 2 is 2.32 bits per heavy atom. The molecule has 104 valence electrons. The smallest absolute Gasteiger partial charge is 0.254 e. The van der Waals surface area contributed by atoms with Gasteiger partial charge in [0.05, 0.1) is 17.6 Å². The van der Waals surface area contributed by atoms with Crippen LogP contribution in [0.3, 0.4) is 0 Å². The molecule has 2 heterocycles. The fourth-order valence-corrected chi connectivity index (χ4v) is 1.99. The normalized spacial score (nSPS) is 17.1. The maximum Gasteiger partial charge on any atom is 0.254 e. The first-order chi connectivity index (χ1) is 9.22. The molecule has 0 aromatic carbocycles. The van der Waals surface area contributed by atoms with E-state index in [0.717, 1.165) is 31.9 Å². The van der Waals surface area contributed by atoms with Gasteiger partial charge in [0, 0.05) is 38.9 Å². The molecule has 1 aromatic heterocycles. The maximum atomic E-state index is 11.7. The van der Waals surface area contributed by atoms with Gasteiger partial charge >= 0.3 is 0 Å². The molecule has 1 atom stereocenters. The predicted molar refractivity (Wildman–Crippen MR) is 73.0 cm³/mol. The first kappa shape index (κ1) is 13.7. The number of hydrogen-bond donors (Lipinski definition) is 4. The van der Waals surface area contributed by atoms with E-state index in [-0.39, 0.29) is 6.54 Å². The van der Waals surface area contributed by atoms with Crippen LogP contribution >= 0.6 is 0 Å². The van der Waals surface area contributed by atoms with Gasteiger partial charge in [-0.15, -0.1) is 0 Å². The Kier molecular flexibility index (Phi) is 4.67. The summed E-state index contributed by atoms with van der Waals surface area (Å²) < 4.78 is 0. The van der Waals surface area contributed by atoms with Crippen molar-refractivity contribution >= 4 is 17.3 Å². The summed E-state index contributed by atoms with van der Waals surface area (Å²) in [5.41, 5.74) is 6.77. The summed E-state index contributed by atoms with van der Waals surface area (Å²) in [6, 6.07) is 1.86. The number of nitrogens with zero attached hydrogens (tertiary/aromatic N) is 2. The average molecular weight is 265 g/mol. The second-order valence-electron chi connectivity index (χ2n) is 4.37. The third-order valence-electron chi connectivity index (χ3n) is 3.04. The lowest BCUT2D eigenvalue weighted by Crippen LogP contribution is -2.44. The summed E-state index contributed by atoms with van der Waals surface area (Å²) >= 11 is 0. The lowest BCUT2D eigenvalue weighted by Gasteiger charge is -2.30. The maximum absolute atomic E-state index is 11.7. The molecule has 2 rings (SSSR count). The molecule has 1 amide bonds. The fourth-order valence-electron chi connectivity index (χ4n) is 1.99. The van der Waals surface area contributed by atoms with E-state index < -0.39 is 12.0 Å². The molecule has 1 aliphatic heterocycles. The molecule has 1 unspecified atom stereocenters. The number of amides is 1. The highest BCUT2D eigenvalue weighted by Crippen LogP contribution is 2.24. The molecule has 1 fully saturated rings. The van der Waals surface area contributed by atoms with Crippen molar-refractivity contribution in [2.75, 3.05) is 42.9 Å². The van der Waals surface area contributed by atoms with Gasteiger partial charge in [-0.25, -0.2) is 0 Å². The number of rotatable bonds is 4. The number of aliphatic hydroxyl groups excluding tert-OH is 1. The van der Waals surface area contributed by atoms with Gasteiger partial charge in [0.2, 0.25) is 0 Å². The molecule has 7 nitrogen and oxygen atoms in total. The van der Waals surface area contributed by atoms with Crippen molar-refractivity contribution in [2.24, 2.45) is 5.73 Å². The number of carbonyl (C=O) groups excluding carboxylic acids is 1. The lowest BCUT2D eigenvalue weighted by molar-refractivity contribution is -0.123. The number of carbonyl (C=O) groups is 1. The number of anilines is 2. The van der Waals surface area contributed by atoms with Crippen LogP contribution in [0.5, 0.6) is 0 Å². The van der Waals surface area contributed by atoms with Crippen LogP contribution in [0.15, 0.2) is 18.5 Å². The first-order valence-electron chi connectivity index (χ1n) is 6.31. The van der Waals surface area contributed by atoms with Gasteiger partial charge < -0.3 is 26.4 Å². The molecule has 1 aliphatic rings. The summed E-state index contributed by atoms with van der Waals surface area (Å²) in [6.07, 6.45) is 2.07. The Morgan fingerprint density at radius 1 is 1.58 bits per heavy atom. The molecular weight excluding hydrogens is 246 g/mol. The minimum absolute atomic E-state index is 0.102. The number of aromatic nitrogens is 1. The Balaban J connectivity index is 2.13. The molecule has 5 N–H and O–H groups in total. The highest BCUT2D eigenvalue weighted by molar-refractivity contribution is 5.96. The van der Waals surface area contributed by atoms with Crippen LogP contribution in [0.2, 0.25) is 0 Å². The van der Waals surface area contributed by atoms with Crippen LogP contribution in [0.25, 0.3) is 0 Å². The van der Waals surface area contributed by atoms with Crippen LogP contribution in [0.1, 0.15) is 0 Å². The number of nitrogens with one attached hydrogen (secondary N) is 2. The molecule has 0 radical (unpaired) electrons. The Hall–Kier alpha value is -1.70. The number of pyridine rings is 1. The average Bonchev–Trinajstić information content (AvgIpc) is 2.47.